The first-order valence-corrected chi connectivity index (χ1v) is 13.7. The van der Waals surface area contributed by atoms with Crippen molar-refractivity contribution in [3.05, 3.63) is 101 Å². The molecule has 1 atom stereocenters. The van der Waals surface area contributed by atoms with Gasteiger partial charge in [-0.2, -0.15) is 0 Å². The maximum atomic E-state index is 13.2. The van der Waals surface area contributed by atoms with Crippen LogP contribution in [-0.4, -0.2) is 40.9 Å². The summed E-state index contributed by atoms with van der Waals surface area (Å²) in [6.07, 6.45) is 1.53. The van der Waals surface area contributed by atoms with Crippen LogP contribution in [0.5, 0.6) is 11.5 Å². The number of carbonyl (C=O) groups is 3. The molecule has 3 aromatic carbocycles. The number of aromatic nitrogens is 1. The molecule has 214 valence electrons. The molecule has 1 aliphatic heterocycles. The monoisotopic (exact) mass is 584 g/mol. The lowest BCUT2D eigenvalue weighted by atomic mass is 10.0. The smallest absolute Gasteiger partial charge is 0.328 e. The summed E-state index contributed by atoms with van der Waals surface area (Å²) in [6, 6.07) is 22.0. The van der Waals surface area contributed by atoms with E-state index in [-0.39, 0.29) is 11.8 Å². The van der Waals surface area contributed by atoms with E-state index in [1.54, 1.807) is 53.4 Å². The summed E-state index contributed by atoms with van der Waals surface area (Å²) in [5.74, 6) is 0.247. The number of carbonyl (C=O) groups excluding carboxylic acids is 3. The van der Waals surface area contributed by atoms with E-state index in [2.05, 4.69) is 15.6 Å². The lowest BCUT2D eigenvalue weighted by Crippen LogP contribution is -2.45. The minimum Gasteiger partial charge on any atom is -0.467 e. The Morgan fingerprint density at radius 3 is 2.45 bits per heavy atom. The second-order valence-corrected chi connectivity index (χ2v) is 10.5. The van der Waals surface area contributed by atoms with Crippen LogP contribution >= 0.6 is 11.6 Å². The lowest BCUT2D eigenvalue weighted by Gasteiger charge is -2.28. The number of urea groups is 1. The predicted octanol–water partition coefficient (Wildman–Crippen LogP) is 6.99. The van der Waals surface area contributed by atoms with E-state index in [1.165, 1.54) is 13.3 Å². The summed E-state index contributed by atoms with van der Waals surface area (Å²) < 4.78 is 10.8. The van der Waals surface area contributed by atoms with Gasteiger partial charge in [-0.25, -0.2) is 9.59 Å². The van der Waals surface area contributed by atoms with Crippen molar-refractivity contribution in [3.63, 3.8) is 0 Å². The molecule has 0 spiro atoms. The van der Waals surface area contributed by atoms with Crippen LogP contribution in [0, 0.1) is 5.92 Å². The van der Waals surface area contributed by atoms with Gasteiger partial charge < -0.3 is 25.0 Å². The number of amides is 3. The van der Waals surface area contributed by atoms with Gasteiger partial charge in [0.2, 0.25) is 0 Å². The molecule has 0 aliphatic carbocycles. The van der Waals surface area contributed by atoms with Crippen LogP contribution in [0.15, 0.2) is 85.1 Å². The number of pyridine rings is 1. The number of nitrogens with one attached hydrogen (secondary N) is 2. The minimum atomic E-state index is -0.665. The molecule has 1 aliphatic rings. The number of benzene rings is 3. The number of nitrogens with zero attached hydrogens (tertiary/aromatic N) is 2. The molecule has 10 heteroatoms. The number of anilines is 2. The number of hydrogen-bond donors (Lipinski definition) is 2. The Morgan fingerprint density at radius 2 is 1.76 bits per heavy atom. The molecule has 2 heterocycles. The summed E-state index contributed by atoms with van der Waals surface area (Å²) in [4.78, 5) is 44.4. The number of esters is 1. The zero-order chi connectivity index (χ0) is 29.8. The molecule has 4 aromatic rings. The van der Waals surface area contributed by atoms with Crippen molar-refractivity contribution in [2.75, 3.05) is 17.7 Å². The minimum absolute atomic E-state index is 0.100. The van der Waals surface area contributed by atoms with Gasteiger partial charge in [-0.1, -0.05) is 55.8 Å². The van der Waals surface area contributed by atoms with Gasteiger partial charge in [-0.3, -0.25) is 9.78 Å². The Kier molecular flexibility index (Phi) is 8.40. The van der Waals surface area contributed by atoms with Gasteiger partial charge >= 0.3 is 12.0 Å². The Balaban J connectivity index is 1.27. The molecule has 0 radical (unpaired) electrons. The van der Waals surface area contributed by atoms with Crippen molar-refractivity contribution in [1.29, 1.82) is 0 Å². The van der Waals surface area contributed by atoms with Crippen molar-refractivity contribution in [2.45, 2.75) is 26.4 Å². The Labute approximate surface area is 248 Å². The Morgan fingerprint density at radius 1 is 0.976 bits per heavy atom. The van der Waals surface area contributed by atoms with Crippen LogP contribution in [0.3, 0.4) is 0 Å². The first-order valence-electron chi connectivity index (χ1n) is 13.3. The van der Waals surface area contributed by atoms with Gasteiger partial charge in [-0.15, -0.1) is 0 Å². The van der Waals surface area contributed by atoms with Gasteiger partial charge in [0, 0.05) is 28.8 Å². The third kappa shape index (κ3) is 6.21. The van der Waals surface area contributed by atoms with Crippen molar-refractivity contribution >= 4 is 40.9 Å². The third-order valence-corrected chi connectivity index (χ3v) is 7.07. The highest BCUT2D eigenvalue weighted by Crippen LogP contribution is 2.33. The molecule has 0 fully saturated rings. The SMILES string of the molecule is COC(=O)[C@H](C(C)C)N1Cc2ccc(-c3ccc(NC(=O)Nc4ccc(Cl)cc4Oc4ccccc4)cn3)cc2C1=O. The third-order valence-electron chi connectivity index (χ3n) is 6.83. The van der Waals surface area contributed by atoms with Gasteiger partial charge in [0.1, 0.15) is 11.8 Å². The number of fused-ring (bicyclic) bond motifs is 1. The van der Waals surface area contributed by atoms with E-state index in [0.717, 1.165) is 11.1 Å². The molecule has 42 heavy (non-hydrogen) atoms. The molecule has 0 bridgehead atoms. The zero-order valence-electron chi connectivity index (χ0n) is 23.3. The molecule has 3 amide bonds. The molecule has 5 rings (SSSR count). The largest absolute Gasteiger partial charge is 0.467 e. The number of hydrogen-bond acceptors (Lipinski definition) is 6. The van der Waals surface area contributed by atoms with Crippen LogP contribution < -0.4 is 15.4 Å². The lowest BCUT2D eigenvalue weighted by molar-refractivity contribution is -0.147. The van der Waals surface area contributed by atoms with Gasteiger partial charge in [0.25, 0.3) is 5.91 Å². The second-order valence-electron chi connectivity index (χ2n) is 10.1. The van der Waals surface area contributed by atoms with E-state index in [9.17, 15) is 14.4 Å². The zero-order valence-corrected chi connectivity index (χ0v) is 24.0. The van der Waals surface area contributed by atoms with Gasteiger partial charge in [0.05, 0.1) is 30.4 Å². The highest BCUT2D eigenvalue weighted by Gasteiger charge is 2.38. The van der Waals surface area contributed by atoms with Crippen molar-refractivity contribution in [1.82, 2.24) is 9.88 Å². The highest BCUT2D eigenvalue weighted by molar-refractivity contribution is 6.30. The fraction of sp³-hybridized carbons (Fsp3) is 0.188. The van der Waals surface area contributed by atoms with Gasteiger partial charge in [0.15, 0.2) is 5.75 Å². The number of para-hydroxylation sites is 1. The molecular formula is C32H29ClN4O5. The average Bonchev–Trinajstić information content (AvgIpc) is 3.30. The average molecular weight is 585 g/mol. The normalized spacial score (nSPS) is 13.0. The van der Waals surface area contributed by atoms with Crippen LogP contribution in [-0.2, 0) is 16.1 Å². The van der Waals surface area contributed by atoms with E-state index >= 15 is 0 Å². The van der Waals surface area contributed by atoms with Crippen LogP contribution in [0.25, 0.3) is 11.3 Å². The molecule has 0 saturated carbocycles. The van der Waals surface area contributed by atoms with E-state index in [4.69, 9.17) is 21.1 Å². The molecule has 2 N–H and O–H groups in total. The standard InChI is InChI=1S/C32H29ClN4O5/c1-19(2)29(31(39)41-3)37-18-21-10-9-20(15-25(21)30(37)38)26-14-12-23(17-34-26)35-32(40)36-27-13-11-22(33)16-28(27)42-24-7-5-4-6-8-24/h4-17,19,29H,18H2,1-3H3,(H2,35,36,40)/t29-/m0/s1. The molecule has 9 nitrogen and oxygen atoms in total. The summed E-state index contributed by atoms with van der Waals surface area (Å²) in [7, 11) is 1.33. The number of ether oxygens (including phenoxy) is 2. The highest BCUT2D eigenvalue weighted by atomic mass is 35.5. The fourth-order valence-electron chi connectivity index (χ4n) is 4.81. The summed E-state index contributed by atoms with van der Waals surface area (Å²) in [6.45, 7) is 4.11. The second kappa shape index (κ2) is 12.3. The molecule has 0 unspecified atom stereocenters. The van der Waals surface area contributed by atoms with Crippen LogP contribution in [0.1, 0.15) is 29.8 Å². The summed E-state index contributed by atoms with van der Waals surface area (Å²) in [5.41, 5.74) is 3.64. The summed E-state index contributed by atoms with van der Waals surface area (Å²) >= 11 is 6.15. The Hall–Kier alpha value is -4.89. The molecule has 1 aromatic heterocycles. The van der Waals surface area contributed by atoms with E-state index < -0.39 is 18.0 Å². The van der Waals surface area contributed by atoms with Crippen molar-refractivity contribution in [2.24, 2.45) is 5.92 Å². The maximum absolute atomic E-state index is 13.2. The number of rotatable bonds is 8. The van der Waals surface area contributed by atoms with Crippen LogP contribution in [0.2, 0.25) is 5.02 Å². The van der Waals surface area contributed by atoms with Crippen LogP contribution in [0.4, 0.5) is 16.2 Å². The van der Waals surface area contributed by atoms with E-state index in [0.29, 0.717) is 45.7 Å². The van der Waals surface area contributed by atoms with Gasteiger partial charge in [-0.05, 0) is 53.9 Å². The number of halogens is 1. The molecule has 0 saturated heterocycles. The predicted molar refractivity (Wildman–Crippen MR) is 161 cm³/mol. The molecular weight excluding hydrogens is 556 g/mol. The first kappa shape index (κ1) is 28.6. The maximum Gasteiger partial charge on any atom is 0.328 e. The topological polar surface area (TPSA) is 110 Å². The Bertz CT molecular complexity index is 1630. The van der Waals surface area contributed by atoms with E-state index in [1.807, 2.05) is 44.2 Å². The van der Waals surface area contributed by atoms with Crippen molar-refractivity contribution in [3.8, 4) is 22.8 Å². The number of methoxy groups -OCH3 is 1. The fourth-order valence-corrected chi connectivity index (χ4v) is 4.97. The first-order chi connectivity index (χ1) is 20.2. The summed E-state index contributed by atoms with van der Waals surface area (Å²) in [5, 5.41) is 6.01. The quantitative estimate of drug-likeness (QED) is 0.216. The van der Waals surface area contributed by atoms with Crippen molar-refractivity contribution < 1.29 is 23.9 Å².